The molecule has 0 saturated carbocycles. The van der Waals surface area contributed by atoms with Crippen molar-refractivity contribution >= 4 is 21.9 Å². The lowest BCUT2D eigenvalue weighted by Crippen LogP contribution is -2.37. The van der Waals surface area contributed by atoms with Gasteiger partial charge in [-0.25, -0.2) is 4.39 Å². The SMILES string of the molecule is COC(=O)C(C)(C)[C@H](N)c1cc(F)ccc1Br. The second kappa shape index (κ2) is 5.14. The molecule has 0 aromatic heterocycles. The molecule has 5 heteroatoms. The summed E-state index contributed by atoms with van der Waals surface area (Å²) >= 11 is 3.30. The molecule has 3 nitrogen and oxygen atoms in total. The summed E-state index contributed by atoms with van der Waals surface area (Å²) in [5.74, 6) is -0.819. The predicted molar refractivity (Wildman–Crippen MR) is 66.8 cm³/mol. The quantitative estimate of drug-likeness (QED) is 0.874. The Morgan fingerprint density at radius 2 is 2.12 bits per heavy atom. The fraction of sp³-hybridized carbons (Fsp3) is 0.417. The van der Waals surface area contributed by atoms with Crippen molar-refractivity contribution in [1.29, 1.82) is 0 Å². The maximum atomic E-state index is 13.2. The summed E-state index contributed by atoms with van der Waals surface area (Å²) in [7, 11) is 1.30. The molecule has 0 aliphatic rings. The lowest BCUT2D eigenvalue weighted by atomic mass is 9.81. The van der Waals surface area contributed by atoms with Crippen LogP contribution in [-0.2, 0) is 9.53 Å². The number of halogens is 2. The van der Waals surface area contributed by atoms with E-state index in [0.29, 0.717) is 10.0 Å². The molecule has 0 radical (unpaired) electrons. The van der Waals surface area contributed by atoms with Gasteiger partial charge in [0, 0.05) is 10.5 Å². The van der Waals surface area contributed by atoms with E-state index >= 15 is 0 Å². The van der Waals surface area contributed by atoms with E-state index in [-0.39, 0.29) is 5.82 Å². The molecule has 0 aliphatic heterocycles. The number of carbonyl (C=O) groups excluding carboxylic acids is 1. The van der Waals surface area contributed by atoms with Gasteiger partial charge < -0.3 is 10.5 Å². The van der Waals surface area contributed by atoms with Crippen LogP contribution in [0.1, 0.15) is 25.5 Å². The number of esters is 1. The summed E-state index contributed by atoms with van der Waals surface area (Å²) in [5, 5.41) is 0. The molecular formula is C12H15BrFNO2. The monoisotopic (exact) mass is 303 g/mol. The summed E-state index contributed by atoms with van der Waals surface area (Å²) in [6, 6.07) is 3.56. The van der Waals surface area contributed by atoms with E-state index in [1.807, 2.05) is 0 Å². The van der Waals surface area contributed by atoms with Crippen LogP contribution >= 0.6 is 15.9 Å². The Hall–Kier alpha value is -0.940. The molecule has 0 bridgehead atoms. The van der Waals surface area contributed by atoms with Crippen LogP contribution in [0, 0.1) is 11.2 Å². The largest absolute Gasteiger partial charge is 0.469 e. The van der Waals surface area contributed by atoms with Crippen molar-refractivity contribution in [2.45, 2.75) is 19.9 Å². The first-order valence-corrected chi connectivity index (χ1v) is 5.89. The molecule has 94 valence electrons. The highest BCUT2D eigenvalue weighted by Crippen LogP contribution is 2.36. The Kier molecular flexibility index (Phi) is 4.27. The van der Waals surface area contributed by atoms with Crippen molar-refractivity contribution in [3.8, 4) is 0 Å². The summed E-state index contributed by atoms with van der Waals surface area (Å²) < 4.78 is 18.6. The lowest BCUT2D eigenvalue weighted by Gasteiger charge is -2.29. The summed E-state index contributed by atoms with van der Waals surface area (Å²) in [5.41, 5.74) is 5.64. The van der Waals surface area contributed by atoms with E-state index in [4.69, 9.17) is 10.5 Å². The zero-order chi connectivity index (χ0) is 13.2. The highest BCUT2D eigenvalue weighted by atomic mass is 79.9. The highest BCUT2D eigenvalue weighted by Gasteiger charge is 2.37. The Bertz CT molecular complexity index is 435. The predicted octanol–water partition coefficient (Wildman–Crippen LogP) is 2.79. The summed E-state index contributed by atoms with van der Waals surface area (Å²) in [4.78, 5) is 11.6. The van der Waals surface area contributed by atoms with E-state index in [1.54, 1.807) is 19.9 Å². The molecule has 1 rings (SSSR count). The highest BCUT2D eigenvalue weighted by molar-refractivity contribution is 9.10. The van der Waals surface area contributed by atoms with Crippen molar-refractivity contribution in [2.75, 3.05) is 7.11 Å². The Morgan fingerprint density at radius 3 is 2.65 bits per heavy atom. The number of hydrogen-bond donors (Lipinski definition) is 1. The zero-order valence-electron chi connectivity index (χ0n) is 9.96. The molecule has 0 fully saturated rings. The third-order valence-corrected chi connectivity index (χ3v) is 3.50. The molecule has 1 aromatic carbocycles. The van der Waals surface area contributed by atoms with Crippen LogP contribution < -0.4 is 5.73 Å². The summed E-state index contributed by atoms with van der Waals surface area (Å²) in [6.45, 7) is 3.34. The summed E-state index contributed by atoms with van der Waals surface area (Å²) in [6.07, 6.45) is 0. The van der Waals surface area contributed by atoms with Crippen LogP contribution in [-0.4, -0.2) is 13.1 Å². The van der Waals surface area contributed by atoms with Crippen molar-refractivity contribution in [3.05, 3.63) is 34.1 Å². The topological polar surface area (TPSA) is 52.3 Å². The third-order valence-electron chi connectivity index (χ3n) is 2.78. The van der Waals surface area contributed by atoms with Gasteiger partial charge in [-0.1, -0.05) is 15.9 Å². The average molecular weight is 304 g/mol. The average Bonchev–Trinajstić information content (AvgIpc) is 2.30. The number of hydrogen-bond acceptors (Lipinski definition) is 3. The number of ether oxygens (including phenoxy) is 1. The van der Waals surface area contributed by atoms with Crippen molar-refractivity contribution < 1.29 is 13.9 Å². The normalized spacial score (nSPS) is 13.3. The molecule has 1 atom stereocenters. The van der Waals surface area contributed by atoms with E-state index < -0.39 is 17.4 Å². The minimum atomic E-state index is -0.926. The molecule has 0 aliphatic carbocycles. The van der Waals surface area contributed by atoms with Gasteiger partial charge in [-0.3, -0.25) is 4.79 Å². The lowest BCUT2D eigenvalue weighted by molar-refractivity contribution is -0.152. The number of carbonyl (C=O) groups is 1. The number of rotatable bonds is 3. The molecule has 0 heterocycles. The van der Waals surface area contributed by atoms with Gasteiger partial charge in [0.05, 0.1) is 12.5 Å². The first-order chi connectivity index (χ1) is 7.80. The molecule has 2 N–H and O–H groups in total. The molecule has 0 spiro atoms. The molecular weight excluding hydrogens is 289 g/mol. The fourth-order valence-corrected chi connectivity index (χ4v) is 2.02. The van der Waals surface area contributed by atoms with Gasteiger partial charge >= 0.3 is 5.97 Å². The maximum Gasteiger partial charge on any atom is 0.313 e. The van der Waals surface area contributed by atoms with Gasteiger partial charge in [0.1, 0.15) is 5.82 Å². The van der Waals surface area contributed by atoms with Crippen molar-refractivity contribution in [2.24, 2.45) is 11.1 Å². The number of methoxy groups -OCH3 is 1. The van der Waals surface area contributed by atoms with Gasteiger partial charge in [-0.15, -0.1) is 0 Å². The van der Waals surface area contributed by atoms with Crippen LogP contribution in [0.4, 0.5) is 4.39 Å². The Labute approximate surface area is 108 Å². The van der Waals surface area contributed by atoms with Gasteiger partial charge in [-0.05, 0) is 37.6 Å². The Morgan fingerprint density at radius 1 is 1.53 bits per heavy atom. The van der Waals surface area contributed by atoms with Crippen molar-refractivity contribution in [3.63, 3.8) is 0 Å². The van der Waals surface area contributed by atoms with Crippen LogP contribution in [0.5, 0.6) is 0 Å². The molecule has 17 heavy (non-hydrogen) atoms. The van der Waals surface area contributed by atoms with Gasteiger partial charge in [0.25, 0.3) is 0 Å². The molecule has 0 saturated heterocycles. The molecule has 1 aromatic rings. The minimum absolute atomic E-state index is 0.390. The van der Waals surface area contributed by atoms with Gasteiger partial charge in [-0.2, -0.15) is 0 Å². The first-order valence-electron chi connectivity index (χ1n) is 5.09. The van der Waals surface area contributed by atoms with Crippen molar-refractivity contribution in [1.82, 2.24) is 0 Å². The van der Waals surface area contributed by atoms with Crippen LogP contribution in [0.15, 0.2) is 22.7 Å². The second-order valence-corrected chi connectivity index (χ2v) is 5.21. The number of nitrogens with two attached hydrogens (primary N) is 1. The molecule has 0 unspecified atom stereocenters. The Balaban J connectivity index is 3.15. The van der Waals surface area contributed by atoms with Crippen LogP contribution in [0.3, 0.4) is 0 Å². The standard InChI is InChI=1S/C12H15BrFNO2/c1-12(2,11(16)17-3)10(15)8-6-7(14)4-5-9(8)13/h4-6,10H,15H2,1-3H3/t10-/m1/s1. The fourth-order valence-electron chi connectivity index (χ4n) is 1.53. The van der Waals surface area contributed by atoms with E-state index in [2.05, 4.69) is 15.9 Å². The van der Waals surface area contributed by atoms with Gasteiger partial charge in [0.2, 0.25) is 0 Å². The first kappa shape index (κ1) is 14.1. The smallest absolute Gasteiger partial charge is 0.313 e. The molecule has 0 amide bonds. The maximum absolute atomic E-state index is 13.2. The minimum Gasteiger partial charge on any atom is -0.469 e. The van der Waals surface area contributed by atoms with Gasteiger partial charge in [0.15, 0.2) is 0 Å². The van der Waals surface area contributed by atoms with E-state index in [0.717, 1.165) is 0 Å². The third kappa shape index (κ3) is 2.84. The van der Waals surface area contributed by atoms with Crippen LogP contribution in [0.25, 0.3) is 0 Å². The second-order valence-electron chi connectivity index (χ2n) is 4.36. The van der Waals surface area contributed by atoms with E-state index in [9.17, 15) is 9.18 Å². The number of benzene rings is 1. The van der Waals surface area contributed by atoms with E-state index in [1.165, 1.54) is 19.2 Å². The zero-order valence-corrected chi connectivity index (χ0v) is 11.5. The van der Waals surface area contributed by atoms with Crippen LogP contribution in [0.2, 0.25) is 0 Å².